The maximum atomic E-state index is 12.3. The predicted molar refractivity (Wildman–Crippen MR) is 98.5 cm³/mol. The topological polar surface area (TPSA) is 58.1 Å². The summed E-state index contributed by atoms with van der Waals surface area (Å²) in [5.41, 5.74) is 2.69. The highest BCUT2D eigenvalue weighted by atomic mass is 16.1. The molecule has 25 heavy (non-hydrogen) atoms. The molecule has 0 bridgehead atoms. The molecular weight excluding hydrogens is 312 g/mol. The first kappa shape index (κ1) is 17.5. The summed E-state index contributed by atoms with van der Waals surface area (Å²) in [6, 6.07) is 10.6. The van der Waals surface area contributed by atoms with E-state index in [1.165, 1.54) is 5.56 Å². The van der Waals surface area contributed by atoms with E-state index in [1.807, 2.05) is 13.8 Å². The van der Waals surface area contributed by atoms with Crippen LogP contribution < -0.4 is 5.32 Å². The molecule has 0 spiro atoms. The number of rotatable bonds is 6. The molecule has 1 N–H and O–H groups in total. The van der Waals surface area contributed by atoms with Gasteiger partial charge in [0, 0.05) is 25.8 Å². The predicted octanol–water partition coefficient (Wildman–Crippen LogP) is 2.39. The van der Waals surface area contributed by atoms with Crippen molar-refractivity contribution in [2.45, 2.75) is 26.7 Å². The molecule has 5 nitrogen and oxygen atoms in total. The molecule has 1 amide bonds. The third kappa shape index (κ3) is 4.86. The van der Waals surface area contributed by atoms with Crippen LogP contribution >= 0.6 is 0 Å². The minimum atomic E-state index is -0.0692. The van der Waals surface area contributed by atoms with Gasteiger partial charge in [0.15, 0.2) is 0 Å². The van der Waals surface area contributed by atoms with Crippen molar-refractivity contribution in [2.75, 3.05) is 26.2 Å². The molecule has 1 aliphatic rings. The lowest BCUT2D eigenvalue weighted by molar-refractivity contribution is 0.0946. The number of benzene rings is 1. The standard InChI is InChI=1S/C20H26N4O/c1-15-19(13-21-16(2)23-15)20(25)22-12-18-9-11-24(14-18)10-8-17-6-4-3-5-7-17/h3-7,13,18H,8-12,14H2,1-2H3,(H,22,25)/t18-/m0/s1. The molecule has 5 heteroatoms. The quantitative estimate of drug-likeness (QED) is 0.879. The van der Waals surface area contributed by atoms with Gasteiger partial charge in [-0.2, -0.15) is 0 Å². The van der Waals surface area contributed by atoms with Crippen LogP contribution in [0.5, 0.6) is 0 Å². The summed E-state index contributed by atoms with van der Waals surface area (Å²) in [7, 11) is 0. The Balaban J connectivity index is 1.43. The Morgan fingerprint density at radius 2 is 2.08 bits per heavy atom. The lowest BCUT2D eigenvalue weighted by atomic mass is 10.1. The van der Waals surface area contributed by atoms with Crippen molar-refractivity contribution in [2.24, 2.45) is 5.92 Å². The van der Waals surface area contributed by atoms with Crippen LogP contribution in [0.4, 0.5) is 0 Å². The molecule has 0 radical (unpaired) electrons. The van der Waals surface area contributed by atoms with Crippen molar-refractivity contribution in [3.63, 3.8) is 0 Å². The molecule has 1 aromatic carbocycles. The number of hydrogen-bond donors (Lipinski definition) is 1. The molecule has 1 atom stereocenters. The Bertz CT molecular complexity index is 717. The van der Waals surface area contributed by atoms with Gasteiger partial charge in [0.2, 0.25) is 0 Å². The van der Waals surface area contributed by atoms with Crippen LogP contribution in [0.2, 0.25) is 0 Å². The summed E-state index contributed by atoms with van der Waals surface area (Å²) in [5, 5.41) is 3.05. The van der Waals surface area contributed by atoms with E-state index in [4.69, 9.17) is 0 Å². The van der Waals surface area contributed by atoms with Gasteiger partial charge < -0.3 is 10.2 Å². The molecule has 1 fully saturated rings. The molecule has 2 heterocycles. The van der Waals surface area contributed by atoms with Crippen LogP contribution in [-0.2, 0) is 6.42 Å². The Hall–Kier alpha value is -2.27. The van der Waals surface area contributed by atoms with Crippen LogP contribution in [-0.4, -0.2) is 47.0 Å². The molecule has 1 aliphatic heterocycles. The van der Waals surface area contributed by atoms with Gasteiger partial charge in [-0.1, -0.05) is 30.3 Å². The number of carbonyl (C=O) groups excluding carboxylic acids is 1. The van der Waals surface area contributed by atoms with Gasteiger partial charge in [-0.25, -0.2) is 9.97 Å². The fourth-order valence-electron chi connectivity index (χ4n) is 3.35. The summed E-state index contributed by atoms with van der Waals surface area (Å²) in [6.07, 6.45) is 3.84. The zero-order chi connectivity index (χ0) is 17.6. The van der Waals surface area contributed by atoms with Gasteiger partial charge in [0.25, 0.3) is 5.91 Å². The number of nitrogens with zero attached hydrogens (tertiary/aromatic N) is 3. The number of aryl methyl sites for hydroxylation is 2. The van der Waals surface area contributed by atoms with Crippen LogP contribution in [0.3, 0.4) is 0 Å². The second-order valence-electron chi connectivity index (χ2n) is 6.82. The fraction of sp³-hybridized carbons (Fsp3) is 0.450. The largest absolute Gasteiger partial charge is 0.352 e. The number of carbonyl (C=O) groups is 1. The van der Waals surface area contributed by atoms with Crippen LogP contribution in [0.15, 0.2) is 36.5 Å². The lowest BCUT2D eigenvalue weighted by Crippen LogP contribution is -2.32. The Labute approximate surface area is 149 Å². The smallest absolute Gasteiger partial charge is 0.254 e. The minimum absolute atomic E-state index is 0.0692. The molecule has 3 rings (SSSR count). The number of likely N-dealkylation sites (tertiary alicyclic amines) is 1. The van der Waals surface area contributed by atoms with Crippen LogP contribution in [0.25, 0.3) is 0 Å². The lowest BCUT2D eigenvalue weighted by Gasteiger charge is -2.16. The maximum absolute atomic E-state index is 12.3. The molecule has 2 aromatic rings. The minimum Gasteiger partial charge on any atom is -0.352 e. The Kier molecular flexibility index (Phi) is 5.76. The van der Waals surface area contributed by atoms with Crippen molar-refractivity contribution in [1.29, 1.82) is 0 Å². The third-order valence-electron chi connectivity index (χ3n) is 4.83. The molecule has 1 aromatic heterocycles. The van der Waals surface area contributed by atoms with Crippen LogP contribution in [0, 0.1) is 19.8 Å². The average molecular weight is 338 g/mol. The maximum Gasteiger partial charge on any atom is 0.254 e. The SMILES string of the molecule is Cc1ncc(C(=O)NC[C@@H]2CCN(CCc3ccccc3)C2)c(C)n1. The van der Waals surface area contributed by atoms with Crippen molar-refractivity contribution in [3.8, 4) is 0 Å². The first-order valence-corrected chi connectivity index (χ1v) is 8.96. The zero-order valence-corrected chi connectivity index (χ0v) is 15.0. The van der Waals surface area contributed by atoms with Gasteiger partial charge in [-0.15, -0.1) is 0 Å². The second kappa shape index (κ2) is 8.21. The summed E-state index contributed by atoms with van der Waals surface area (Å²) in [5.74, 6) is 1.14. The van der Waals surface area contributed by atoms with Crippen molar-refractivity contribution in [1.82, 2.24) is 20.2 Å². The number of aromatic nitrogens is 2. The highest BCUT2D eigenvalue weighted by Gasteiger charge is 2.23. The van der Waals surface area contributed by atoms with E-state index < -0.39 is 0 Å². The number of hydrogen-bond acceptors (Lipinski definition) is 4. The van der Waals surface area contributed by atoms with Crippen molar-refractivity contribution in [3.05, 3.63) is 59.2 Å². The van der Waals surface area contributed by atoms with Crippen molar-refractivity contribution >= 4 is 5.91 Å². The second-order valence-corrected chi connectivity index (χ2v) is 6.82. The first-order chi connectivity index (χ1) is 12.1. The molecular formula is C20H26N4O. The molecule has 132 valence electrons. The molecule has 0 unspecified atom stereocenters. The summed E-state index contributed by atoms with van der Waals surface area (Å²) in [6.45, 7) is 7.64. The van der Waals surface area contributed by atoms with Gasteiger partial charge >= 0.3 is 0 Å². The number of amides is 1. The third-order valence-corrected chi connectivity index (χ3v) is 4.83. The Morgan fingerprint density at radius 3 is 2.84 bits per heavy atom. The van der Waals surface area contributed by atoms with Gasteiger partial charge in [0.1, 0.15) is 5.82 Å². The van der Waals surface area contributed by atoms with Crippen molar-refractivity contribution < 1.29 is 4.79 Å². The van der Waals surface area contributed by atoms with E-state index in [1.54, 1.807) is 6.20 Å². The summed E-state index contributed by atoms with van der Waals surface area (Å²) < 4.78 is 0. The fourth-order valence-corrected chi connectivity index (χ4v) is 3.35. The van der Waals surface area contributed by atoms with Crippen LogP contribution in [0.1, 0.15) is 33.9 Å². The van der Waals surface area contributed by atoms with E-state index in [-0.39, 0.29) is 5.91 Å². The Morgan fingerprint density at radius 1 is 1.28 bits per heavy atom. The average Bonchev–Trinajstić information content (AvgIpc) is 3.07. The van der Waals surface area contributed by atoms with E-state index in [0.717, 1.165) is 38.2 Å². The van der Waals surface area contributed by atoms with Gasteiger partial charge in [0.05, 0.1) is 11.3 Å². The highest BCUT2D eigenvalue weighted by Crippen LogP contribution is 2.16. The summed E-state index contributed by atoms with van der Waals surface area (Å²) >= 11 is 0. The van der Waals surface area contributed by atoms with E-state index >= 15 is 0 Å². The number of nitrogens with one attached hydrogen (secondary N) is 1. The van der Waals surface area contributed by atoms with E-state index in [9.17, 15) is 4.79 Å². The van der Waals surface area contributed by atoms with Gasteiger partial charge in [-0.3, -0.25) is 4.79 Å². The normalized spacial score (nSPS) is 17.6. The van der Waals surface area contributed by atoms with Gasteiger partial charge in [-0.05, 0) is 44.7 Å². The first-order valence-electron chi connectivity index (χ1n) is 8.96. The molecule has 1 saturated heterocycles. The highest BCUT2D eigenvalue weighted by molar-refractivity contribution is 5.94. The summed E-state index contributed by atoms with van der Waals surface area (Å²) in [4.78, 5) is 23.2. The molecule has 0 saturated carbocycles. The van der Waals surface area contributed by atoms with E-state index in [0.29, 0.717) is 23.9 Å². The molecule has 0 aliphatic carbocycles. The monoisotopic (exact) mass is 338 g/mol. The zero-order valence-electron chi connectivity index (χ0n) is 15.0. The van der Waals surface area contributed by atoms with E-state index in [2.05, 4.69) is 50.5 Å².